The predicted octanol–water partition coefficient (Wildman–Crippen LogP) is 3.69. The van der Waals surface area contributed by atoms with Crippen molar-refractivity contribution in [3.05, 3.63) is 51.4 Å². The number of anilines is 1. The van der Waals surface area contributed by atoms with Gasteiger partial charge >= 0.3 is 0 Å². The molecule has 0 fully saturated rings. The largest absolute Gasteiger partial charge is 0.306 e. The highest BCUT2D eigenvalue weighted by Gasteiger charge is 2.09. The average Bonchev–Trinajstić information content (AvgIpc) is 2.27. The van der Waals surface area contributed by atoms with Crippen LogP contribution in [0, 0.1) is 0 Å². The first-order valence-corrected chi connectivity index (χ1v) is 5.94. The molecule has 18 heavy (non-hydrogen) atoms. The summed E-state index contributed by atoms with van der Waals surface area (Å²) in [5.41, 5.74) is 0.335. The summed E-state index contributed by atoms with van der Waals surface area (Å²) in [6.07, 6.45) is 1.44. The van der Waals surface area contributed by atoms with Gasteiger partial charge < -0.3 is 5.32 Å². The Labute approximate surface area is 118 Å². The highest BCUT2D eigenvalue weighted by Crippen LogP contribution is 2.19. The zero-order chi connectivity index (χ0) is 13.1. The van der Waals surface area contributed by atoms with Gasteiger partial charge in [-0.2, -0.15) is 0 Å². The Morgan fingerprint density at radius 1 is 1.11 bits per heavy atom. The van der Waals surface area contributed by atoms with E-state index in [-0.39, 0.29) is 11.2 Å². The van der Waals surface area contributed by atoms with Gasteiger partial charge in [-0.1, -0.05) is 23.2 Å². The van der Waals surface area contributed by atoms with Gasteiger partial charge in [0.15, 0.2) is 0 Å². The quantitative estimate of drug-likeness (QED) is 0.861. The molecule has 0 spiro atoms. The Hall–Kier alpha value is -1.36. The average molecular weight is 303 g/mol. The van der Waals surface area contributed by atoms with Gasteiger partial charge in [-0.3, -0.25) is 4.79 Å². The van der Waals surface area contributed by atoms with Crippen molar-refractivity contribution < 1.29 is 4.79 Å². The summed E-state index contributed by atoms with van der Waals surface area (Å²) in [5, 5.41) is 3.38. The lowest BCUT2D eigenvalue weighted by Crippen LogP contribution is -2.13. The van der Waals surface area contributed by atoms with Crippen LogP contribution in [0.5, 0.6) is 0 Å². The van der Waals surface area contributed by atoms with Crippen molar-refractivity contribution >= 4 is 46.5 Å². The zero-order valence-electron chi connectivity index (χ0n) is 8.82. The third kappa shape index (κ3) is 3.32. The number of halogens is 3. The summed E-state index contributed by atoms with van der Waals surface area (Å²) in [4.78, 5) is 19.4. The number of amides is 1. The van der Waals surface area contributed by atoms with Crippen LogP contribution in [-0.2, 0) is 0 Å². The second kappa shape index (κ2) is 5.52. The number of hydrogen-bond acceptors (Lipinski definition) is 3. The van der Waals surface area contributed by atoms with Crippen LogP contribution >= 0.6 is 34.8 Å². The molecule has 92 valence electrons. The minimum absolute atomic E-state index is 0.0527. The highest BCUT2D eigenvalue weighted by atomic mass is 35.5. The number of nitrogens with one attached hydrogen (secondary N) is 1. The standard InChI is InChI=1S/C11H6Cl3N3O/c12-7-3-6(4-8(13)5-7)10(18)16-9-1-2-15-11(14)17-9/h1-5H,(H,15,16,17,18). The highest BCUT2D eigenvalue weighted by molar-refractivity contribution is 6.35. The SMILES string of the molecule is O=C(Nc1ccnc(Cl)n1)c1cc(Cl)cc(Cl)c1. The molecule has 0 bridgehead atoms. The summed E-state index contributed by atoms with van der Waals surface area (Å²) < 4.78 is 0. The molecule has 1 N–H and O–H groups in total. The molecule has 4 nitrogen and oxygen atoms in total. The molecule has 0 saturated carbocycles. The van der Waals surface area contributed by atoms with E-state index in [1.807, 2.05) is 0 Å². The molecule has 0 atom stereocenters. The maximum atomic E-state index is 11.9. The van der Waals surface area contributed by atoms with Gasteiger partial charge in [-0.15, -0.1) is 0 Å². The maximum absolute atomic E-state index is 11.9. The van der Waals surface area contributed by atoms with Crippen LogP contribution < -0.4 is 5.32 Å². The fraction of sp³-hybridized carbons (Fsp3) is 0. The molecular weight excluding hydrogens is 296 g/mol. The minimum atomic E-state index is -0.380. The number of aromatic nitrogens is 2. The second-order valence-electron chi connectivity index (χ2n) is 3.32. The van der Waals surface area contributed by atoms with Crippen molar-refractivity contribution in [3.8, 4) is 0 Å². The Kier molecular flexibility index (Phi) is 4.01. The van der Waals surface area contributed by atoms with Gasteiger partial charge in [0, 0.05) is 21.8 Å². The number of benzene rings is 1. The van der Waals surface area contributed by atoms with Crippen LogP contribution in [0.4, 0.5) is 5.82 Å². The van der Waals surface area contributed by atoms with Crippen LogP contribution in [0.3, 0.4) is 0 Å². The molecular formula is C11H6Cl3N3O. The van der Waals surface area contributed by atoms with Gasteiger partial charge in [0.05, 0.1) is 0 Å². The van der Waals surface area contributed by atoms with Crippen molar-refractivity contribution in [3.63, 3.8) is 0 Å². The summed E-state index contributed by atoms with van der Waals surface area (Å²) in [7, 11) is 0. The Balaban J connectivity index is 2.22. The number of carbonyl (C=O) groups is 1. The lowest BCUT2D eigenvalue weighted by atomic mass is 10.2. The second-order valence-corrected chi connectivity index (χ2v) is 4.53. The van der Waals surface area contributed by atoms with Gasteiger partial charge in [0.25, 0.3) is 5.91 Å². The molecule has 0 saturated heterocycles. The molecule has 0 radical (unpaired) electrons. The zero-order valence-corrected chi connectivity index (χ0v) is 11.1. The molecule has 0 aliphatic rings. The van der Waals surface area contributed by atoms with Gasteiger partial charge in [-0.05, 0) is 35.9 Å². The predicted molar refractivity (Wildman–Crippen MR) is 71.5 cm³/mol. The van der Waals surface area contributed by atoms with E-state index in [1.54, 1.807) is 6.07 Å². The van der Waals surface area contributed by atoms with Crippen molar-refractivity contribution in [2.45, 2.75) is 0 Å². The topological polar surface area (TPSA) is 54.9 Å². The molecule has 1 aromatic heterocycles. The van der Waals surface area contributed by atoms with E-state index in [9.17, 15) is 4.79 Å². The molecule has 0 unspecified atom stereocenters. The van der Waals surface area contributed by atoms with Crippen molar-refractivity contribution in [1.29, 1.82) is 0 Å². The molecule has 1 heterocycles. The number of rotatable bonds is 2. The number of carbonyl (C=O) groups excluding carboxylic acids is 1. The molecule has 2 aromatic rings. The van der Waals surface area contributed by atoms with E-state index in [0.29, 0.717) is 21.4 Å². The van der Waals surface area contributed by atoms with Gasteiger partial charge in [0.1, 0.15) is 5.82 Å². The van der Waals surface area contributed by atoms with E-state index in [4.69, 9.17) is 34.8 Å². The monoisotopic (exact) mass is 301 g/mol. The van der Waals surface area contributed by atoms with E-state index in [1.165, 1.54) is 24.4 Å². The third-order valence-corrected chi connectivity index (χ3v) is 2.61. The Bertz CT molecular complexity index is 584. The van der Waals surface area contributed by atoms with E-state index >= 15 is 0 Å². The molecule has 0 aliphatic heterocycles. The molecule has 7 heteroatoms. The lowest BCUT2D eigenvalue weighted by Gasteiger charge is -2.05. The summed E-state index contributed by atoms with van der Waals surface area (Å²) >= 11 is 17.2. The summed E-state index contributed by atoms with van der Waals surface area (Å²) in [6.45, 7) is 0. The normalized spacial score (nSPS) is 10.2. The molecule has 2 rings (SSSR count). The lowest BCUT2D eigenvalue weighted by molar-refractivity contribution is 0.102. The molecule has 1 aromatic carbocycles. The first-order chi connectivity index (χ1) is 8.54. The molecule has 1 amide bonds. The van der Waals surface area contributed by atoms with Gasteiger partial charge in [-0.25, -0.2) is 9.97 Å². The number of nitrogens with zero attached hydrogens (tertiary/aromatic N) is 2. The molecule has 0 aliphatic carbocycles. The van der Waals surface area contributed by atoms with E-state index < -0.39 is 0 Å². The summed E-state index contributed by atoms with van der Waals surface area (Å²) in [6, 6.07) is 6.08. The first-order valence-electron chi connectivity index (χ1n) is 4.80. The summed E-state index contributed by atoms with van der Waals surface area (Å²) in [5.74, 6) is -0.0785. The fourth-order valence-corrected chi connectivity index (χ4v) is 1.95. The third-order valence-electron chi connectivity index (χ3n) is 1.99. The van der Waals surface area contributed by atoms with Crippen LogP contribution in [0.25, 0.3) is 0 Å². The van der Waals surface area contributed by atoms with E-state index in [0.717, 1.165) is 0 Å². The minimum Gasteiger partial charge on any atom is -0.306 e. The van der Waals surface area contributed by atoms with Crippen molar-refractivity contribution in [2.24, 2.45) is 0 Å². The van der Waals surface area contributed by atoms with Crippen LogP contribution in [0.2, 0.25) is 15.3 Å². The van der Waals surface area contributed by atoms with Crippen molar-refractivity contribution in [1.82, 2.24) is 9.97 Å². The number of hydrogen-bond donors (Lipinski definition) is 1. The van der Waals surface area contributed by atoms with Crippen LogP contribution in [0.15, 0.2) is 30.5 Å². The maximum Gasteiger partial charge on any atom is 0.256 e. The Morgan fingerprint density at radius 3 is 2.39 bits per heavy atom. The van der Waals surface area contributed by atoms with Crippen LogP contribution in [0.1, 0.15) is 10.4 Å². The van der Waals surface area contributed by atoms with Crippen LogP contribution in [-0.4, -0.2) is 15.9 Å². The first kappa shape index (κ1) is 13.1. The van der Waals surface area contributed by atoms with Crippen molar-refractivity contribution in [2.75, 3.05) is 5.32 Å². The fourth-order valence-electron chi connectivity index (χ4n) is 1.28. The smallest absolute Gasteiger partial charge is 0.256 e. The van der Waals surface area contributed by atoms with E-state index in [2.05, 4.69) is 15.3 Å². The Morgan fingerprint density at radius 2 is 1.78 bits per heavy atom. The van der Waals surface area contributed by atoms with Gasteiger partial charge in [0.2, 0.25) is 5.28 Å².